The predicted octanol–water partition coefficient (Wildman–Crippen LogP) is 3.43. The number of furan rings is 1. The maximum Gasteiger partial charge on any atom is 0.257 e. The maximum atomic E-state index is 12.3. The molecule has 2 amide bonds. The summed E-state index contributed by atoms with van der Waals surface area (Å²) < 4.78 is 4.96. The molecule has 0 radical (unpaired) electrons. The molecule has 0 atom stereocenters. The van der Waals surface area contributed by atoms with Crippen molar-refractivity contribution in [3.05, 3.63) is 54.5 Å². The third-order valence-corrected chi connectivity index (χ3v) is 5.65. The van der Waals surface area contributed by atoms with Gasteiger partial charge in [0, 0.05) is 30.4 Å². The van der Waals surface area contributed by atoms with Crippen LogP contribution < -0.4 is 5.32 Å². The van der Waals surface area contributed by atoms with Crippen molar-refractivity contribution in [3.63, 3.8) is 0 Å². The Balaban J connectivity index is 1.32. The van der Waals surface area contributed by atoms with Crippen LogP contribution in [0.2, 0.25) is 0 Å². The number of likely N-dealkylation sites (tertiary alicyclic amines) is 1. The average Bonchev–Trinajstić information content (AvgIpc) is 3.23. The van der Waals surface area contributed by atoms with Crippen molar-refractivity contribution in [2.24, 2.45) is 5.92 Å². The van der Waals surface area contributed by atoms with Gasteiger partial charge in [0.15, 0.2) is 0 Å². The molecule has 1 N–H and O–H groups in total. The van der Waals surface area contributed by atoms with Gasteiger partial charge in [0.2, 0.25) is 5.91 Å². The van der Waals surface area contributed by atoms with Crippen LogP contribution in [0.5, 0.6) is 0 Å². The summed E-state index contributed by atoms with van der Waals surface area (Å²) in [5, 5.41) is 3.04. The fourth-order valence-corrected chi connectivity index (χ4v) is 3.92. The van der Waals surface area contributed by atoms with Gasteiger partial charge in [-0.2, -0.15) is 0 Å². The van der Waals surface area contributed by atoms with Crippen molar-refractivity contribution in [2.75, 3.05) is 25.4 Å². The Morgan fingerprint density at radius 2 is 1.92 bits per heavy atom. The van der Waals surface area contributed by atoms with Crippen molar-refractivity contribution in [1.82, 2.24) is 10.2 Å². The van der Waals surface area contributed by atoms with Crippen molar-refractivity contribution >= 4 is 23.6 Å². The largest absolute Gasteiger partial charge is 0.472 e. The quantitative estimate of drug-likeness (QED) is 0.597. The van der Waals surface area contributed by atoms with Gasteiger partial charge in [-0.25, -0.2) is 0 Å². The first-order valence-corrected chi connectivity index (χ1v) is 9.99. The topological polar surface area (TPSA) is 62.6 Å². The number of carbonyl (C=O) groups is 2. The van der Waals surface area contributed by atoms with Gasteiger partial charge < -0.3 is 14.6 Å². The fourth-order valence-electron chi connectivity index (χ4n) is 3.05. The SMILES string of the molecule is O=C(NCCCSc1ccccc1)C1CCN(C(=O)c2ccoc2)CC1. The van der Waals surface area contributed by atoms with Crippen LogP contribution in [-0.2, 0) is 4.79 Å². The molecular formula is C20H24N2O3S. The van der Waals surface area contributed by atoms with Crippen molar-refractivity contribution in [1.29, 1.82) is 0 Å². The molecule has 1 aromatic carbocycles. The van der Waals surface area contributed by atoms with Gasteiger partial charge in [0.1, 0.15) is 6.26 Å². The van der Waals surface area contributed by atoms with Crippen molar-refractivity contribution in [2.45, 2.75) is 24.2 Å². The van der Waals surface area contributed by atoms with Crippen LogP contribution in [0.3, 0.4) is 0 Å². The van der Waals surface area contributed by atoms with E-state index in [0.29, 0.717) is 38.0 Å². The second kappa shape index (κ2) is 9.48. The normalized spacial score (nSPS) is 15.0. The molecule has 5 nitrogen and oxygen atoms in total. The van der Waals surface area contributed by atoms with E-state index >= 15 is 0 Å². The number of piperidine rings is 1. The summed E-state index contributed by atoms with van der Waals surface area (Å²) in [7, 11) is 0. The number of benzene rings is 1. The molecule has 3 rings (SSSR count). The lowest BCUT2D eigenvalue weighted by Crippen LogP contribution is -2.43. The van der Waals surface area contributed by atoms with Crippen LogP contribution >= 0.6 is 11.8 Å². The smallest absolute Gasteiger partial charge is 0.257 e. The van der Waals surface area contributed by atoms with E-state index in [-0.39, 0.29) is 17.7 Å². The Kier molecular flexibility index (Phi) is 6.77. The lowest BCUT2D eigenvalue weighted by Gasteiger charge is -2.31. The number of nitrogens with zero attached hydrogens (tertiary/aromatic N) is 1. The van der Waals surface area contributed by atoms with Gasteiger partial charge in [0.25, 0.3) is 5.91 Å². The summed E-state index contributed by atoms with van der Waals surface area (Å²) >= 11 is 1.81. The number of amides is 2. The molecular weight excluding hydrogens is 348 g/mol. The first kappa shape index (κ1) is 18.6. The Hall–Kier alpha value is -2.21. The molecule has 0 aliphatic carbocycles. The van der Waals surface area contributed by atoms with E-state index < -0.39 is 0 Å². The maximum absolute atomic E-state index is 12.3. The molecule has 0 bridgehead atoms. The molecule has 1 saturated heterocycles. The first-order valence-electron chi connectivity index (χ1n) is 9.01. The summed E-state index contributed by atoms with van der Waals surface area (Å²) in [6.07, 6.45) is 5.35. The minimum absolute atomic E-state index is 0.00479. The number of rotatable bonds is 7. The van der Waals surface area contributed by atoms with E-state index in [9.17, 15) is 9.59 Å². The Labute approximate surface area is 158 Å². The molecule has 1 aromatic heterocycles. The highest BCUT2D eigenvalue weighted by molar-refractivity contribution is 7.99. The van der Waals surface area contributed by atoms with E-state index in [0.717, 1.165) is 12.2 Å². The van der Waals surface area contributed by atoms with E-state index in [4.69, 9.17) is 4.42 Å². The number of hydrogen-bond donors (Lipinski definition) is 1. The predicted molar refractivity (Wildman–Crippen MR) is 102 cm³/mol. The summed E-state index contributed by atoms with van der Waals surface area (Å²) in [6, 6.07) is 12.0. The molecule has 1 aliphatic rings. The molecule has 0 unspecified atom stereocenters. The molecule has 0 spiro atoms. The second-order valence-electron chi connectivity index (χ2n) is 6.38. The van der Waals surface area contributed by atoms with E-state index in [1.165, 1.54) is 17.4 Å². The van der Waals surface area contributed by atoms with Gasteiger partial charge in [-0.1, -0.05) is 18.2 Å². The van der Waals surface area contributed by atoms with Crippen LogP contribution in [-0.4, -0.2) is 42.1 Å². The molecule has 1 aliphatic heterocycles. The molecule has 0 saturated carbocycles. The standard InChI is InChI=1S/C20H24N2O3S/c23-19(21-10-4-14-26-18-5-2-1-3-6-18)16-7-11-22(12-8-16)20(24)17-9-13-25-15-17/h1-3,5-6,9,13,15-16H,4,7-8,10-12,14H2,(H,21,23). The average molecular weight is 372 g/mol. The van der Waals surface area contributed by atoms with Crippen molar-refractivity contribution in [3.8, 4) is 0 Å². The van der Waals surface area contributed by atoms with Crippen molar-refractivity contribution < 1.29 is 14.0 Å². The van der Waals surface area contributed by atoms with Gasteiger partial charge in [0.05, 0.1) is 11.8 Å². The number of thioether (sulfide) groups is 1. The lowest BCUT2D eigenvalue weighted by atomic mass is 9.95. The Morgan fingerprint density at radius 3 is 2.62 bits per heavy atom. The minimum Gasteiger partial charge on any atom is -0.472 e. The summed E-state index contributed by atoms with van der Waals surface area (Å²) in [5.41, 5.74) is 0.573. The van der Waals surface area contributed by atoms with Gasteiger partial charge in [-0.15, -0.1) is 11.8 Å². The number of carbonyl (C=O) groups excluding carboxylic acids is 2. The molecule has 138 valence electrons. The lowest BCUT2D eigenvalue weighted by molar-refractivity contribution is -0.126. The molecule has 26 heavy (non-hydrogen) atoms. The van der Waals surface area contributed by atoms with Gasteiger partial charge in [-0.05, 0) is 43.2 Å². The third-order valence-electron chi connectivity index (χ3n) is 4.55. The zero-order valence-electron chi connectivity index (χ0n) is 14.7. The van der Waals surface area contributed by atoms with Gasteiger partial charge >= 0.3 is 0 Å². The fraction of sp³-hybridized carbons (Fsp3) is 0.400. The summed E-state index contributed by atoms with van der Waals surface area (Å²) in [4.78, 5) is 27.6. The number of nitrogens with one attached hydrogen (secondary N) is 1. The van der Waals surface area contributed by atoms with Crippen LogP contribution in [0.4, 0.5) is 0 Å². The highest BCUT2D eigenvalue weighted by Gasteiger charge is 2.27. The monoisotopic (exact) mass is 372 g/mol. The van der Waals surface area contributed by atoms with E-state index in [1.54, 1.807) is 22.7 Å². The Morgan fingerprint density at radius 1 is 1.15 bits per heavy atom. The molecule has 6 heteroatoms. The zero-order valence-corrected chi connectivity index (χ0v) is 15.5. The number of hydrogen-bond acceptors (Lipinski definition) is 4. The highest BCUT2D eigenvalue weighted by atomic mass is 32.2. The minimum atomic E-state index is -0.0180. The van der Waals surface area contributed by atoms with E-state index in [1.807, 2.05) is 18.2 Å². The summed E-state index contributed by atoms with van der Waals surface area (Å²) in [5.74, 6) is 1.09. The van der Waals surface area contributed by atoms with Gasteiger partial charge in [-0.3, -0.25) is 9.59 Å². The van der Waals surface area contributed by atoms with Crippen LogP contribution in [0.1, 0.15) is 29.6 Å². The molecule has 1 fully saturated rings. The van der Waals surface area contributed by atoms with Crippen LogP contribution in [0.25, 0.3) is 0 Å². The Bertz CT molecular complexity index is 695. The molecule has 2 heterocycles. The third kappa shape index (κ3) is 5.14. The summed E-state index contributed by atoms with van der Waals surface area (Å²) in [6.45, 7) is 1.94. The van der Waals surface area contributed by atoms with E-state index in [2.05, 4.69) is 17.4 Å². The van der Waals surface area contributed by atoms with Crippen LogP contribution in [0, 0.1) is 5.92 Å². The highest BCUT2D eigenvalue weighted by Crippen LogP contribution is 2.20. The van der Waals surface area contributed by atoms with Crippen LogP contribution in [0.15, 0.2) is 58.2 Å². The second-order valence-corrected chi connectivity index (χ2v) is 7.55. The molecule has 2 aromatic rings. The first-order chi connectivity index (χ1) is 12.7. The zero-order chi connectivity index (χ0) is 18.2.